The van der Waals surface area contributed by atoms with Crippen LogP contribution in [0.3, 0.4) is 0 Å². The molecular formula is C81H146. The maximum Gasteiger partial charge on any atom is -0.0136 e. The van der Waals surface area contributed by atoms with Crippen molar-refractivity contribution in [2.45, 2.75) is 289 Å². The van der Waals surface area contributed by atoms with Gasteiger partial charge in [0, 0.05) is 0 Å². The van der Waals surface area contributed by atoms with Gasteiger partial charge in [-0.3, -0.25) is 0 Å². The first-order valence-electron chi connectivity index (χ1n) is 36.4. The third-order valence-corrected chi connectivity index (χ3v) is 24.9. The summed E-state index contributed by atoms with van der Waals surface area (Å²) in [6.45, 7) is 60.6. The Kier molecular flexibility index (Phi) is 33.3. The van der Waals surface area contributed by atoms with E-state index < -0.39 is 0 Å². The highest BCUT2D eigenvalue weighted by molar-refractivity contribution is 5.41. The molecule has 81 heavy (non-hydrogen) atoms. The number of allylic oxidation sites excluding steroid dienone is 12. The molecule has 0 bridgehead atoms. The van der Waals surface area contributed by atoms with Crippen LogP contribution in [0.15, 0.2) is 70.9 Å². The van der Waals surface area contributed by atoms with Crippen molar-refractivity contribution in [1.29, 1.82) is 0 Å². The predicted octanol–water partition coefficient (Wildman–Crippen LogP) is 26.0. The lowest BCUT2D eigenvalue weighted by molar-refractivity contribution is 0.345. The van der Waals surface area contributed by atoms with E-state index in [4.69, 9.17) is 0 Å². The molecule has 8 saturated carbocycles. The highest BCUT2D eigenvalue weighted by atomic mass is 14.5. The Balaban J connectivity index is 0.000000250. The van der Waals surface area contributed by atoms with Gasteiger partial charge in [-0.25, -0.2) is 0 Å². The van der Waals surface area contributed by atoms with Gasteiger partial charge in [0.05, 0.1) is 0 Å². The van der Waals surface area contributed by atoms with Crippen LogP contribution >= 0.6 is 0 Å². The quantitative estimate of drug-likeness (QED) is 0.263. The van der Waals surface area contributed by atoms with Gasteiger partial charge in [0.2, 0.25) is 0 Å². The summed E-state index contributed by atoms with van der Waals surface area (Å²) in [4.78, 5) is 0. The molecule has 9 unspecified atom stereocenters. The molecule has 8 fully saturated rings. The van der Waals surface area contributed by atoms with Crippen molar-refractivity contribution in [3.05, 3.63) is 70.9 Å². The van der Waals surface area contributed by atoms with Crippen LogP contribution in [-0.4, -0.2) is 0 Å². The monoisotopic (exact) mass is 1120 g/mol. The molecule has 0 saturated heterocycles. The number of hydrogen-bond donors (Lipinski definition) is 0. The van der Waals surface area contributed by atoms with Gasteiger partial charge >= 0.3 is 0 Å². The first kappa shape index (κ1) is 73.7. The number of hydrogen-bond acceptors (Lipinski definition) is 0. The van der Waals surface area contributed by atoms with E-state index in [0.29, 0.717) is 0 Å². The van der Waals surface area contributed by atoms with Crippen LogP contribution in [0.4, 0.5) is 0 Å². The van der Waals surface area contributed by atoms with Gasteiger partial charge in [-0.15, -0.1) is 0 Å². The molecule has 0 spiro atoms. The fourth-order valence-corrected chi connectivity index (χ4v) is 17.7. The summed E-state index contributed by atoms with van der Waals surface area (Å²) in [5, 5.41) is 0. The van der Waals surface area contributed by atoms with Crippen LogP contribution in [0.1, 0.15) is 289 Å². The fraction of sp³-hybridized carbons (Fsp3) is 0.852. The lowest BCUT2D eigenvalue weighted by Gasteiger charge is -2.26. The highest BCUT2D eigenvalue weighted by Gasteiger charge is 2.42. The van der Waals surface area contributed by atoms with Crippen molar-refractivity contribution >= 4 is 0 Å². The molecule has 11 aliphatic carbocycles. The Morgan fingerprint density at radius 2 is 0.568 bits per heavy atom. The van der Waals surface area contributed by atoms with Crippen molar-refractivity contribution in [2.75, 3.05) is 0 Å². The Bertz CT molecular complexity index is 1700. The van der Waals surface area contributed by atoms with Gasteiger partial charge in [0.15, 0.2) is 0 Å². The molecule has 9 atom stereocenters. The molecule has 0 aromatic rings. The predicted molar refractivity (Wildman–Crippen MR) is 367 cm³/mol. The smallest absolute Gasteiger partial charge is 0.0136 e. The normalized spacial score (nSPS) is 41.3. The standard InChI is InChI=1S/C16H24.C13H18.C13H20.3C10H20.3C3H8/c1-11(2)8-14-6-7-15-9-12-4-3-5-13(12)10-16(14)15;1-9-5-6-12-7-10-3-2-4-11(10)8-13(9)12;1-10(2)9-12-8-7-11-5-3-4-6-13(11)12;3*1-6-7(2)9(4)10(5)8(6)3;3*1-3-2/h9-11,14-16H,3-8H2,1-2H3;7-9,12-13H,2-6H2,1H3;3-6,10-13H,7-9H2,1-2H3;3*6-10H,1-5H3;3*3H2,1-2H3. The molecular weight excluding hydrogens is 973 g/mol. The first-order chi connectivity index (χ1) is 38.3. The summed E-state index contributed by atoms with van der Waals surface area (Å²) in [5.41, 5.74) is 6.84. The molecule has 11 aliphatic rings. The van der Waals surface area contributed by atoms with Gasteiger partial charge in [0.1, 0.15) is 0 Å². The molecule has 11 rings (SSSR count). The molecule has 0 heteroatoms. The van der Waals surface area contributed by atoms with Crippen LogP contribution in [-0.2, 0) is 0 Å². The Hall–Kier alpha value is -1.56. The van der Waals surface area contributed by atoms with Gasteiger partial charge in [0.25, 0.3) is 0 Å². The summed E-state index contributed by atoms with van der Waals surface area (Å²) in [6, 6.07) is 0. The van der Waals surface area contributed by atoms with Gasteiger partial charge in [-0.2, -0.15) is 0 Å². The van der Waals surface area contributed by atoms with Gasteiger partial charge in [-0.1, -0.05) is 248 Å². The highest BCUT2D eigenvalue weighted by Crippen LogP contribution is 2.51. The zero-order valence-corrected chi connectivity index (χ0v) is 59.7. The topological polar surface area (TPSA) is 0 Å². The van der Waals surface area contributed by atoms with Crippen molar-refractivity contribution in [1.82, 2.24) is 0 Å². The zero-order valence-electron chi connectivity index (χ0n) is 59.7. The second-order valence-electron chi connectivity index (χ2n) is 31.5. The van der Waals surface area contributed by atoms with Crippen molar-refractivity contribution < 1.29 is 0 Å². The summed E-state index contributed by atoms with van der Waals surface area (Å²) >= 11 is 0. The molecule has 470 valence electrons. The average Bonchev–Trinajstić information content (AvgIpc) is 4.35. The zero-order chi connectivity index (χ0) is 61.0. The van der Waals surface area contributed by atoms with Crippen LogP contribution in [0.25, 0.3) is 0 Å². The van der Waals surface area contributed by atoms with E-state index in [9.17, 15) is 0 Å². The molecule has 0 heterocycles. The third kappa shape index (κ3) is 20.8. The minimum Gasteiger partial charge on any atom is -0.0808 e. The molecule has 0 aromatic carbocycles. The van der Waals surface area contributed by atoms with E-state index in [1.165, 1.54) is 109 Å². The Morgan fingerprint density at radius 3 is 0.901 bits per heavy atom. The van der Waals surface area contributed by atoms with E-state index >= 15 is 0 Å². The summed E-state index contributed by atoms with van der Waals surface area (Å²) in [5.74, 6) is 24.0. The largest absolute Gasteiger partial charge is 0.0808 e. The Labute approximate surface area is 511 Å². The minimum atomic E-state index is 0.864. The maximum atomic E-state index is 2.67. The van der Waals surface area contributed by atoms with E-state index in [1.807, 2.05) is 0 Å². The first-order valence-corrected chi connectivity index (χ1v) is 36.4. The third-order valence-electron chi connectivity index (χ3n) is 24.9. The average molecular weight is 1120 g/mol. The van der Waals surface area contributed by atoms with Crippen molar-refractivity contribution in [3.63, 3.8) is 0 Å². The number of fused-ring (bicyclic) bond motifs is 5. The summed E-state index contributed by atoms with van der Waals surface area (Å²) in [6.07, 6.45) is 43.4. The summed E-state index contributed by atoms with van der Waals surface area (Å²) in [7, 11) is 0. The van der Waals surface area contributed by atoms with Crippen LogP contribution < -0.4 is 0 Å². The second kappa shape index (κ2) is 36.6. The van der Waals surface area contributed by atoms with Gasteiger partial charge < -0.3 is 0 Å². The lowest BCUT2D eigenvalue weighted by Crippen LogP contribution is -2.16. The fourth-order valence-electron chi connectivity index (χ4n) is 17.7. The van der Waals surface area contributed by atoms with Crippen LogP contribution in [0, 0.1) is 154 Å². The minimum absolute atomic E-state index is 0.864. The van der Waals surface area contributed by atoms with E-state index in [-0.39, 0.29) is 0 Å². The maximum absolute atomic E-state index is 2.67. The summed E-state index contributed by atoms with van der Waals surface area (Å²) < 4.78 is 0. The molecule has 0 nitrogen and oxygen atoms in total. The molecule has 0 radical (unpaired) electrons. The Morgan fingerprint density at radius 1 is 0.309 bits per heavy atom. The van der Waals surface area contributed by atoms with Crippen molar-refractivity contribution in [3.8, 4) is 0 Å². The molecule has 0 aliphatic heterocycles. The van der Waals surface area contributed by atoms with E-state index in [0.717, 1.165) is 154 Å². The SMILES string of the molecule is CC(C)CC1CCC2C=C3CCCC3=CC21.CC(C)CC1CCC2C=CC=CC21.CC1C(C)C(C)C(C)C1C.CC1C(C)C(C)C(C)C1C.CC1C(C)C(C)C(C)C1C.CC1CCC2C=C3CCCC3=CC12.CCC.CCC.CCC. The van der Waals surface area contributed by atoms with E-state index in [1.54, 1.807) is 22.3 Å². The van der Waals surface area contributed by atoms with Gasteiger partial charge in [-0.05, 0) is 266 Å². The van der Waals surface area contributed by atoms with Crippen LogP contribution in [0.2, 0.25) is 0 Å². The van der Waals surface area contributed by atoms with E-state index in [2.05, 4.69) is 229 Å². The van der Waals surface area contributed by atoms with Crippen molar-refractivity contribution in [2.24, 2.45) is 154 Å². The molecule has 0 amide bonds. The molecule has 0 N–H and O–H groups in total. The second-order valence-corrected chi connectivity index (χ2v) is 31.5. The number of rotatable bonds is 4. The van der Waals surface area contributed by atoms with Crippen LogP contribution in [0.5, 0.6) is 0 Å². The lowest BCUT2D eigenvalue weighted by atomic mass is 9.79. The molecule has 0 aromatic heterocycles.